The Morgan fingerprint density at radius 2 is 2.22 bits per heavy atom. The predicted molar refractivity (Wildman–Crippen MR) is 76.4 cm³/mol. The summed E-state index contributed by atoms with van der Waals surface area (Å²) in [6.07, 6.45) is 1.48. The summed E-state index contributed by atoms with van der Waals surface area (Å²) >= 11 is 0. The molecule has 1 saturated heterocycles. The molecule has 9 nitrogen and oxygen atoms in total. The van der Waals surface area contributed by atoms with E-state index in [1.54, 1.807) is 23.0 Å². The van der Waals surface area contributed by atoms with E-state index in [1.165, 1.54) is 14.2 Å². The highest BCUT2D eigenvalue weighted by atomic mass is 31.2. The summed E-state index contributed by atoms with van der Waals surface area (Å²) in [4.78, 5) is 19.2. The Hall–Kier alpha value is -0.835. The summed E-state index contributed by atoms with van der Waals surface area (Å²) in [7, 11) is -2.34. The van der Waals surface area contributed by atoms with E-state index in [2.05, 4.69) is 4.52 Å². The van der Waals surface area contributed by atoms with Crippen LogP contribution in [-0.2, 0) is 23.1 Å². The Balaban J connectivity index is 2.05. The van der Waals surface area contributed by atoms with Crippen LogP contribution in [0.3, 0.4) is 0 Å². The number of rotatable bonds is 7. The molecule has 2 rings (SSSR count). The highest BCUT2D eigenvalue weighted by Crippen LogP contribution is 2.33. The van der Waals surface area contributed by atoms with Crippen LogP contribution < -0.4 is 14.9 Å². The second-order valence-corrected chi connectivity index (χ2v) is 6.28. The monoisotopic (exact) mass is 347 g/mol. The Morgan fingerprint density at radius 1 is 1.52 bits per heavy atom. The third kappa shape index (κ3) is 5.07. The van der Waals surface area contributed by atoms with Gasteiger partial charge in [-0.3, -0.25) is 4.57 Å². The third-order valence-electron chi connectivity index (χ3n) is 3.48. The summed E-state index contributed by atoms with van der Waals surface area (Å²) in [6, 6.07) is 3.60. The van der Waals surface area contributed by atoms with Crippen LogP contribution in [-0.4, -0.2) is 50.2 Å². The van der Waals surface area contributed by atoms with Gasteiger partial charge in [0, 0.05) is 25.7 Å². The normalized spacial score (nSPS) is 26.9. The van der Waals surface area contributed by atoms with Crippen LogP contribution in [0.25, 0.3) is 0 Å². The molecule has 0 saturated carbocycles. The molecular formula is C12H19BNO8P. The Labute approximate surface area is 134 Å². The maximum atomic E-state index is 10.6. The Morgan fingerprint density at radius 3 is 2.83 bits per heavy atom. The van der Waals surface area contributed by atoms with Crippen molar-refractivity contribution in [1.82, 2.24) is 0 Å². The fraction of sp³-hybridized carbons (Fsp3) is 0.583. The SMILES string of the molecule is COB(OC)c1ccc[n+]([C@H]2C[C@H](O)[C@@H](COP(=O)([O-])O)O2)c1. The zero-order valence-corrected chi connectivity index (χ0v) is 13.7. The maximum Gasteiger partial charge on any atom is 0.499 e. The highest BCUT2D eigenvalue weighted by Gasteiger charge is 2.40. The Kier molecular flexibility index (Phi) is 6.29. The van der Waals surface area contributed by atoms with E-state index >= 15 is 0 Å². The van der Waals surface area contributed by atoms with Gasteiger partial charge in [0.2, 0.25) is 0 Å². The number of phosphoric ester groups is 1. The van der Waals surface area contributed by atoms with Crippen LogP contribution >= 0.6 is 7.82 Å². The fourth-order valence-corrected chi connectivity index (χ4v) is 2.75. The van der Waals surface area contributed by atoms with Crippen molar-refractivity contribution in [3.63, 3.8) is 0 Å². The molecule has 2 N–H and O–H groups in total. The van der Waals surface area contributed by atoms with Crippen LogP contribution in [0.5, 0.6) is 0 Å². The van der Waals surface area contributed by atoms with Gasteiger partial charge in [0.15, 0.2) is 12.4 Å². The number of aliphatic hydroxyl groups excluding tert-OH is 1. The van der Waals surface area contributed by atoms with Gasteiger partial charge in [-0.1, -0.05) is 6.07 Å². The van der Waals surface area contributed by atoms with Crippen LogP contribution in [0, 0.1) is 0 Å². The largest absolute Gasteiger partial charge is 0.756 e. The lowest BCUT2D eigenvalue weighted by atomic mass is 9.80. The summed E-state index contributed by atoms with van der Waals surface area (Å²) < 4.78 is 32.6. The number of aliphatic hydroxyl groups is 1. The topological polar surface area (TPSA) is 121 Å². The lowest BCUT2D eigenvalue weighted by Crippen LogP contribution is -2.46. The van der Waals surface area contributed by atoms with Crippen molar-refractivity contribution in [2.75, 3.05) is 20.8 Å². The summed E-state index contributed by atoms with van der Waals surface area (Å²) in [5, 5.41) is 9.95. The van der Waals surface area contributed by atoms with Gasteiger partial charge >= 0.3 is 7.12 Å². The number of aromatic nitrogens is 1. The summed E-state index contributed by atoms with van der Waals surface area (Å²) in [5.41, 5.74) is 0.759. The molecule has 1 aromatic rings. The fourth-order valence-electron chi connectivity index (χ4n) is 2.42. The smallest absolute Gasteiger partial charge is 0.499 e. The van der Waals surface area contributed by atoms with Gasteiger partial charge in [-0.2, -0.15) is 4.57 Å². The lowest BCUT2D eigenvalue weighted by molar-refractivity contribution is -0.758. The molecule has 4 atom stereocenters. The average Bonchev–Trinajstić information content (AvgIpc) is 2.87. The van der Waals surface area contributed by atoms with Gasteiger partial charge in [-0.25, -0.2) is 0 Å². The zero-order chi connectivity index (χ0) is 17.0. The lowest BCUT2D eigenvalue weighted by Gasteiger charge is -2.19. The minimum atomic E-state index is -4.85. The van der Waals surface area contributed by atoms with Crippen molar-refractivity contribution < 1.29 is 42.6 Å². The van der Waals surface area contributed by atoms with Crippen LogP contribution in [0.1, 0.15) is 12.6 Å². The van der Waals surface area contributed by atoms with Gasteiger partial charge in [0.25, 0.3) is 14.1 Å². The molecule has 0 spiro atoms. The number of hydrogen-bond donors (Lipinski definition) is 2. The van der Waals surface area contributed by atoms with Crippen molar-refractivity contribution >= 4 is 20.4 Å². The third-order valence-corrected chi connectivity index (χ3v) is 3.96. The van der Waals surface area contributed by atoms with E-state index in [0.29, 0.717) is 0 Å². The Bertz CT molecular complexity index is 566. The van der Waals surface area contributed by atoms with E-state index in [1.807, 2.05) is 6.07 Å². The molecule has 1 aliphatic heterocycles. The molecule has 11 heteroatoms. The molecule has 1 aliphatic rings. The molecule has 0 radical (unpaired) electrons. The number of hydrogen-bond acceptors (Lipinski definition) is 7. The van der Waals surface area contributed by atoms with Crippen molar-refractivity contribution in [1.29, 1.82) is 0 Å². The molecule has 1 aromatic heterocycles. The average molecular weight is 347 g/mol. The van der Waals surface area contributed by atoms with E-state index in [4.69, 9.17) is 18.9 Å². The standard InChI is InChI=1S/C12H19BNO8P/c1-19-13(20-2)9-4-3-5-14(7-9)12-6-10(15)11(22-12)8-21-23(16,17)18/h3-5,7,10-12,15H,6,8H2,1-2H3,(H-,16,17,18)/t10-,11+,12+/m0/s1. The molecule has 1 unspecified atom stereocenters. The van der Waals surface area contributed by atoms with Gasteiger partial charge in [-0.15, -0.1) is 0 Å². The first-order valence-corrected chi connectivity index (χ1v) is 8.41. The molecule has 2 heterocycles. The molecule has 23 heavy (non-hydrogen) atoms. The zero-order valence-electron chi connectivity index (χ0n) is 12.8. The first-order valence-electron chi connectivity index (χ1n) is 6.92. The van der Waals surface area contributed by atoms with E-state index in [9.17, 15) is 14.6 Å². The van der Waals surface area contributed by atoms with E-state index in [-0.39, 0.29) is 6.42 Å². The number of phosphoric acid groups is 1. The number of ether oxygens (including phenoxy) is 1. The predicted octanol–water partition coefficient (Wildman–Crippen LogP) is -1.91. The molecule has 0 bridgehead atoms. The second kappa shape index (κ2) is 7.82. The minimum Gasteiger partial charge on any atom is -0.756 e. The summed E-state index contributed by atoms with van der Waals surface area (Å²) in [6.45, 7) is -0.450. The summed E-state index contributed by atoms with van der Waals surface area (Å²) in [5.74, 6) is 0. The maximum absolute atomic E-state index is 10.6. The van der Waals surface area contributed by atoms with Gasteiger partial charge < -0.3 is 33.5 Å². The molecule has 0 amide bonds. The van der Waals surface area contributed by atoms with Crippen molar-refractivity contribution in [2.45, 2.75) is 24.9 Å². The van der Waals surface area contributed by atoms with Crippen LogP contribution in [0.2, 0.25) is 0 Å². The van der Waals surface area contributed by atoms with Gasteiger partial charge in [-0.05, 0) is 0 Å². The van der Waals surface area contributed by atoms with Crippen molar-refractivity contribution in [3.05, 3.63) is 24.5 Å². The molecule has 0 aromatic carbocycles. The van der Waals surface area contributed by atoms with Crippen molar-refractivity contribution in [3.8, 4) is 0 Å². The number of pyridine rings is 1. The van der Waals surface area contributed by atoms with E-state index in [0.717, 1.165) is 5.46 Å². The van der Waals surface area contributed by atoms with Crippen LogP contribution in [0.15, 0.2) is 24.5 Å². The van der Waals surface area contributed by atoms with E-state index < -0.39 is 40.0 Å². The first kappa shape index (κ1) is 18.5. The molecule has 1 fully saturated rings. The quantitative estimate of drug-likeness (QED) is 0.333. The highest BCUT2D eigenvalue weighted by molar-refractivity contribution is 7.44. The van der Waals surface area contributed by atoms with Gasteiger partial charge in [0.05, 0.1) is 19.1 Å². The first-order chi connectivity index (χ1) is 10.8. The molecule has 128 valence electrons. The number of nitrogens with zero attached hydrogens (tertiary/aromatic N) is 1. The van der Waals surface area contributed by atoms with Gasteiger partial charge in [0.1, 0.15) is 6.10 Å². The molecule has 0 aliphatic carbocycles. The second-order valence-electron chi connectivity index (χ2n) is 5.08. The van der Waals surface area contributed by atoms with Crippen molar-refractivity contribution in [2.24, 2.45) is 0 Å². The van der Waals surface area contributed by atoms with Crippen LogP contribution in [0.4, 0.5) is 0 Å². The minimum absolute atomic E-state index is 0.251. The molecular weight excluding hydrogens is 328 g/mol.